The van der Waals surface area contributed by atoms with Gasteiger partial charge in [0.15, 0.2) is 0 Å². The van der Waals surface area contributed by atoms with Crippen LogP contribution < -0.4 is 0 Å². The van der Waals surface area contributed by atoms with Gasteiger partial charge in [0, 0.05) is 122 Å². The van der Waals surface area contributed by atoms with Gasteiger partial charge in [0.25, 0.3) is 0 Å². The van der Waals surface area contributed by atoms with Crippen molar-refractivity contribution in [2.24, 2.45) is 132 Å². The second-order valence-corrected chi connectivity index (χ2v) is 57.4. The number of hydrogen-bond donors (Lipinski definition) is 0. The summed E-state index contributed by atoms with van der Waals surface area (Å²) in [5, 5.41) is 0. The highest BCUT2D eigenvalue weighted by Gasteiger charge is 2.61. The summed E-state index contributed by atoms with van der Waals surface area (Å²) in [7, 11) is 0. The quantitative estimate of drug-likeness (QED) is 0.256. The Kier molecular flexibility index (Phi) is 32.7. The minimum absolute atomic E-state index is 0.361. The van der Waals surface area contributed by atoms with Gasteiger partial charge in [-0.25, -0.2) is 0 Å². The van der Waals surface area contributed by atoms with E-state index in [0.717, 1.165) is 106 Å². The molecule has 13 aliphatic rings. The molecule has 674 valence electrons. The lowest BCUT2D eigenvalue weighted by atomic mass is 9.51. The normalized spacial score (nSPS) is 31.6. The van der Waals surface area contributed by atoms with Crippen LogP contribution in [0, 0.1) is 132 Å². The lowest BCUT2D eigenvalue weighted by Crippen LogP contribution is -2.67. The van der Waals surface area contributed by atoms with E-state index in [1.165, 1.54) is 169 Å². The van der Waals surface area contributed by atoms with Gasteiger partial charge in [0.1, 0.15) is 0 Å². The Morgan fingerprint density at radius 2 is 0.632 bits per heavy atom. The summed E-state index contributed by atoms with van der Waals surface area (Å²) in [6.45, 7) is 130. The van der Waals surface area contributed by atoms with Crippen LogP contribution in [0.2, 0.25) is 0 Å². The van der Waals surface area contributed by atoms with Gasteiger partial charge in [0.2, 0.25) is 0 Å². The molecule has 1 spiro atoms. The maximum absolute atomic E-state index is 2.77. The van der Waals surface area contributed by atoms with Crippen molar-refractivity contribution in [3.63, 3.8) is 0 Å². The lowest BCUT2D eigenvalue weighted by Gasteiger charge is -2.65. The van der Waals surface area contributed by atoms with E-state index in [2.05, 4.69) is 365 Å². The minimum Gasteiger partial charge on any atom is -0.301 e. The monoisotopic (exact) mass is 1600 g/mol. The Balaban J connectivity index is 0.000000203. The van der Waals surface area contributed by atoms with Crippen LogP contribution in [0.1, 0.15) is 402 Å². The number of likely N-dealkylation sites (tertiary alicyclic amines) is 8. The Morgan fingerprint density at radius 3 is 0.956 bits per heavy atom. The Morgan fingerprint density at radius 1 is 0.254 bits per heavy atom. The average molecular weight is 1600 g/mol. The molecule has 8 aliphatic heterocycles. The standard InChI is InChI=1S/2C15H29N.2C14H27N.C13H25N.2C12H25N.C11H23N/c1-14(2,3)13-7-11-9-16(15(4,5)6)10-12(11)8-13;1-14(2,3)12-7-8-13-11(12)9-10-16(13)15(4,5)6;1-12(2,3)11-7-14(8-11)9-15(10-14)13(4,5)6;1-13(2,3)12-8-11-7-10(12)9-15(11)14(4,5)6;1-12(2,3)11-9-7-14(8-10(9)11)13(4,5)6;1-11(2,3)10-7-8-13(9-10)12(4,5)6;1-10(2)13-8-6-11(7-9-13)12(3,4)5;1-10(2,3)9-7-12(8-9)11(4,5)6/h2*11-13H,7-10H2,1-6H3;11H,7-10H2,1-6H3;10-12H,7-9H2,1-6H3;9-11H,7-8H2,1-6H3;10H,7-9H2,1-6H3;10-11H,6-9H2,1-5H3;9H,7-8H2,1-6H3. The molecule has 0 aromatic heterocycles. The second-order valence-electron chi connectivity index (χ2n) is 57.4. The molecule has 0 aromatic carbocycles. The van der Waals surface area contributed by atoms with Crippen molar-refractivity contribution in [3.05, 3.63) is 0 Å². The molecule has 5 saturated carbocycles. The molecule has 2 bridgehead atoms. The van der Waals surface area contributed by atoms with E-state index in [0.29, 0.717) is 82.1 Å². The van der Waals surface area contributed by atoms with E-state index >= 15 is 0 Å². The molecular weight excluding hydrogens is 1390 g/mol. The summed E-state index contributed by atoms with van der Waals surface area (Å²) in [5.74, 6) is 13.5. The number of hydrogen-bond acceptors (Lipinski definition) is 8. The smallest absolute Gasteiger partial charge is 0.0132 e. The zero-order chi connectivity index (χ0) is 87.8. The van der Waals surface area contributed by atoms with Crippen LogP contribution in [0.15, 0.2) is 0 Å². The van der Waals surface area contributed by atoms with Gasteiger partial charge in [-0.2, -0.15) is 0 Å². The van der Waals surface area contributed by atoms with Gasteiger partial charge in [0.05, 0.1) is 0 Å². The topological polar surface area (TPSA) is 25.9 Å². The predicted octanol–water partition coefficient (Wildman–Crippen LogP) is 26.9. The van der Waals surface area contributed by atoms with Gasteiger partial charge in [-0.05, 0) is 394 Å². The summed E-state index contributed by atoms with van der Waals surface area (Å²) in [4.78, 5) is 21.3. The molecule has 11 unspecified atom stereocenters. The highest BCUT2D eigenvalue weighted by molar-refractivity contribution is 5.12. The summed E-state index contributed by atoms with van der Waals surface area (Å²) in [5.41, 5.74) is 7.49. The molecule has 0 aromatic rings. The molecular formula is C106H210N8. The van der Waals surface area contributed by atoms with Crippen LogP contribution in [0.3, 0.4) is 0 Å². The minimum atomic E-state index is 0.361. The van der Waals surface area contributed by atoms with Crippen LogP contribution in [0.4, 0.5) is 0 Å². The van der Waals surface area contributed by atoms with Crippen molar-refractivity contribution in [3.8, 4) is 0 Å². The number of fused-ring (bicyclic) bond motifs is 5. The van der Waals surface area contributed by atoms with E-state index in [4.69, 9.17) is 0 Å². The van der Waals surface area contributed by atoms with Crippen LogP contribution in [-0.4, -0.2) is 188 Å². The van der Waals surface area contributed by atoms with Crippen molar-refractivity contribution in [2.45, 2.75) is 459 Å². The first-order chi connectivity index (χ1) is 50.7. The molecule has 13 rings (SSSR count). The maximum atomic E-state index is 2.77. The molecule has 8 heterocycles. The first-order valence-electron chi connectivity index (χ1n) is 48.8. The molecule has 0 radical (unpaired) electrons. The molecule has 114 heavy (non-hydrogen) atoms. The average Bonchev–Trinajstić information content (AvgIpc) is 1.12. The highest BCUT2D eigenvalue weighted by Crippen LogP contribution is 2.62. The Bertz CT molecular complexity index is 2680. The lowest BCUT2D eigenvalue weighted by molar-refractivity contribution is -0.150. The van der Waals surface area contributed by atoms with Crippen LogP contribution in [0.25, 0.3) is 0 Å². The summed E-state index contributed by atoms with van der Waals surface area (Å²) < 4.78 is 0. The van der Waals surface area contributed by atoms with E-state index in [1.54, 1.807) is 0 Å². The van der Waals surface area contributed by atoms with Crippen LogP contribution >= 0.6 is 0 Å². The summed E-state index contributed by atoms with van der Waals surface area (Å²) in [6.07, 6.45) is 17.3. The summed E-state index contributed by atoms with van der Waals surface area (Å²) in [6, 6.07) is 2.49. The van der Waals surface area contributed by atoms with E-state index in [9.17, 15) is 0 Å². The van der Waals surface area contributed by atoms with Gasteiger partial charge in [-0.1, -0.05) is 166 Å². The zero-order valence-electron chi connectivity index (χ0n) is 86.8. The molecule has 0 N–H and O–H groups in total. The molecule has 8 heteroatoms. The largest absolute Gasteiger partial charge is 0.301 e. The van der Waals surface area contributed by atoms with Crippen molar-refractivity contribution < 1.29 is 0 Å². The molecule has 8 nitrogen and oxygen atoms in total. The van der Waals surface area contributed by atoms with Gasteiger partial charge in [-0.3, -0.25) is 34.3 Å². The molecule has 13 fully saturated rings. The number of piperidine rings is 3. The van der Waals surface area contributed by atoms with Gasteiger partial charge in [-0.15, -0.1) is 0 Å². The van der Waals surface area contributed by atoms with E-state index in [-0.39, 0.29) is 0 Å². The van der Waals surface area contributed by atoms with E-state index in [1.807, 2.05) is 0 Å². The second kappa shape index (κ2) is 36.3. The fourth-order valence-corrected chi connectivity index (χ4v) is 24.0. The Hall–Kier alpha value is -0.320. The van der Waals surface area contributed by atoms with Crippen LogP contribution in [-0.2, 0) is 0 Å². The molecule has 0 amide bonds. The predicted molar refractivity (Wildman–Crippen MR) is 506 cm³/mol. The fourth-order valence-electron chi connectivity index (χ4n) is 24.0. The first-order valence-corrected chi connectivity index (χ1v) is 48.8. The van der Waals surface area contributed by atoms with Crippen LogP contribution in [0.5, 0.6) is 0 Å². The fraction of sp³-hybridized carbons (Fsp3) is 1.00. The van der Waals surface area contributed by atoms with Crippen molar-refractivity contribution >= 4 is 0 Å². The third-order valence-corrected chi connectivity index (χ3v) is 32.9. The van der Waals surface area contributed by atoms with Crippen molar-refractivity contribution in [2.75, 3.05) is 91.6 Å². The zero-order valence-corrected chi connectivity index (χ0v) is 86.8. The highest BCUT2D eigenvalue weighted by atomic mass is 15.3. The number of rotatable bonds is 1. The molecule has 5 aliphatic carbocycles. The van der Waals surface area contributed by atoms with Gasteiger partial charge >= 0.3 is 0 Å². The third kappa shape index (κ3) is 28.1. The number of nitrogens with zero attached hydrogens (tertiary/aromatic N) is 8. The van der Waals surface area contributed by atoms with Gasteiger partial charge < -0.3 is 4.90 Å². The van der Waals surface area contributed by atoms with Crippen molar-refractivity contribution in [1.82, 2.24) is 39.2 Å². The maximum Gasteiger partial charge on any atom is 0.0132 e. The van der Waals surface area contributed by atoms with Crippen molar-refractivity contribution in [1.29, 1.82) is 0 Å². The van der Waals surface area contributed by atoms with E-state index < -0.39 is 0 Å². The first kappa shape index (κ1) is 102. The molecule has 11 atom stereocenters. The third-order valence-electron chi connectivity index (χ3n) is 32.9. The SMILES string of the molecule is CC(C)(C)C1C2CN(C(C)(C)C)CC21.CC(C)(C)C1CC2(C1)CN(C(C)(C)C)C2.CC(C)(C)C1CC2CC1CN2C(C)(C)C.CC(C)(C)C1CC2CN(C(C)(C)C)CC2C1.CC(C)(C)C1CCC2C1CCN2C(C)(C)C.CC(C)(C)C1CCN(C(C)(C)C)C1.CC(C)(C)C1CN(C(C)(C)C)C1.CC(C)N1CCC(C(C)(C)C)CC1. The molecule has 8 saturated heterocycles. The Labute approximate surface area is 717 Å². The summed E-state index contributed by atoms with van der Waals surface area (Å²) >= 11 is 0.